The van der Waals surface area contributed by atoms with E-state index in [-0.39, 0.29) is 10.8 Å². The maximum Gasteiger partial charge on any atom is 0.123 e. The van der Waals surface area contributed by atoms with Gasteiger partial charge in [0, 0.05) is 11.1 Å². The molecule has 20 heavy (non-hydrogen) atoms. The predicted molar refractivity (Wildman–Crippen MR) is 79.5 cm³/mol. The molecule has 104 valence electrons. The Morgan fingerprint density at radius 2 is 1.00 bits per heavy atom. The Morgan fingerprint density at radius 3 is 1.20 bits per heavy atom. The number of hydrogen-bond donors (Lipinski definition) is 2. The van der Waals surface area contributed by atoms with Gasteiger partial charge in [-0.3, -0.25) is 0 Å². The van der Waals surface area contributed by atoms with Crippen LogP contribution in [0.25, 0.3) is 11.0 Å². The van der Waals surface area contributed by atoms with Gasteiger partial charge in [0.25, 0.3) is 0 Å². The Bertz CT molecular complexity index is 680. The maximum absolute atomic E-state index is 9.36. The standard InChI is InChI=1S/C16H20N4/c1-15(2,3)11-9(7-17)19-14-12(16(4,5)6)10(8-18)20-13(11)14/h19-20H,1-6H3. The van der Waals surface area contributed by atoms with E-state index < -0.39 is 0 Å². The highest BCUT2D eigenvalue weighted by Crippen LogP contribution is 2.39. The first-order valence-electron chi connectivity index (χ1n) is 6.70. The van der Waals surface area contributed by atoms with Gasteiger partial charge in [0.05, 0.1) is 11.0 Å². The zero-order valence-corrected chi connectivity index (χ0v) is 12.9. The Hall–Kier alpha value is -2.20. The van der Waals surface area contributed by atoms with Crippen molar-refractivity contribution in [2.75, 3.05) is 0 Å². The van der Waals surface area contributed by atoms with Gasteiger partial charge in [-0.25, -0.2) is 0 Å². The van der Waals surface area contributed by atoms with Gasteiger partial charge in [-0.05, 0) is 10.8 Å². The second-order valence-corrected chi connectivity index (χ2v) is 7.22. The molecule has 0 spiro atoms. The van der Waals surface area contributed by atoms with E-state index in [0.717, 1.165) is 22.2 Å². The molecule has 4 heteroatoms. The molecule has 0 bridgehead atoms. The van der Waals surface area contributed by atoms with E-state index in [1.54, 1.807) is 0 Å². The Kier molecular flexibility index (Phi) is 2.95. The zero-order valence-electron chi connectivity index (χ0n) is 12.9. The van der Waals surface area contributed by atoms with Crippen molar-refractivity contribution in [2.45, 2.75) is 52.4 Å². The van der Waals surface area contributed by atoms with Crippen molar-refractivity contribution < 1.29 is 0 Å². The summed E-state index contributed by atoms with van der Waals surface area (Å²) in [5, 5.41) is 18.7. The molecule has 0 fully saturated rings. The molecule has 0 aliphatic rings. The van der Waals surface area contributed by atoms with Crippen LogP contribution in [0.3, 0.4) is 0 Å². The number of nitriles is 2. The zero-order chi connectivity index (χ0) is 15.3. The minimum absolute atomic E-state index is 0.171. The van der Waals surface area contributed by atoms with E-state index in [1.165, 1.54) is 0 Å². The largest absolute Gasteiger partial charge is 0.345 e. The van der Waals surface area contributed by atoms with Crippen molar-refractivity contribution in [3.05, 3.63) is 22.5 Å². The SMILES string of the molecule is CC(C)(C)c1c(C#N)[nH]c2c(C(C)(C)C)c(C#N)[nH]c12. The molecule has 0 aromatic carbocycles. The second-order valence-electron chi connectivity index (χ2n) is 7.22. The van der Waals surface area contributed by atoms with Crippen molar-refractivity contribution in [1.82, 2.24) is 9.97 Å². The number of nitrogens with zero attached hydrogens (tertiary/aromatic N) is 2. The minimum Gasteiger partial charge on any atom is -0.345 e. The summed E-state index contributed by atoms with van der Waals surface area (Å²) in [7, 11) is 0. The molecule has 0 saturated heterocycles. The first-order chi connectivity index (χ1) is 9.11. The fourth-order valence-electron chi connectivity index (χ4n) is 2.79. The Morgan fingerprint density at radius 1 is 0.700 bits per heavy atom. The lowest BCUT2D eigenvalue weighted by Gasteiger charge is -2.17. The molecular formula is C16H20N4. The molecule has 4 nitrogen and oxygen atoms in total. The highest BCUT2D eigenvalue weighted by atomic mass is 14.8. The smallest absolute Gasteiger partial charge is 0.123 e. The van der Waals surface area contributed by atoms with Crippen molar-refractivity contribution in [3.63, 3.8) is 0 Å². The highest BCUT2D eigenvalue weighted by Gasteiger charge is 2.31. The van der Waals surface area contributed by atoms with Crippen LogP contribution in [-0.4, -0.2) is 9.97 Å². The van der Waals surface area contributed by atoms with Gasteiger partial charge in [0.15, 0.2) is 0 Å². The number of fused-ring (bicyclic) bond motifs is 1. The number of nitrogens with one attached hydrogen (secondary N) is 2. The fourth-order valence-corrected chi connectivity index (χ4v) is 2.79. The van der Waals surface area contributed by atoms with Crippen LogP contribution in [-0.2, 0) is 10.8 Å². The lowest BCUT2D eigenvalue weighted by molar-refractivity contribution is 0.591. The Labute approximate surface area is 119 Å². The average molecular weight is 268 g/mol. The molecule has 2 aromatic rings. The van der Waals surface area contributed by atoms with Crippen LogP contribution >= 0.6 is 0 Å². The van der Waals surface area contributed by atoms with Crippen LogP contribution in [0, 0.1) is 22.7 Å². The van der Waals surface area contributed by atoms with Crippen LogP contribution in [0.1, 0.15) is 64.1 Å². The van der Waals surface area contributed by atoms with Crippen molar-refractivity contribution in [2.24, 2.45) is 0 Å². The molecule has 0 atom stereocenters. The number of aromatic nitrogens is 2. The van der Waals surface area contributed by atoms with Crippen LogP contribution in [0.15, 0.2) is 0 Å². The van der Waals surface area contributed by atoms with E-state index in [9.17, 15) is 10.5 Å². The van der Waals surface area contributed by atoms with Crippen molar-refractivity contribution in [3.8, 4) is 12.1 Å². The lowest BCUT2D eigenvalue weighted by Crippen LogP contribution is -2.13. The molecule has 0 amide bonds. The quantitative estimate of drug-likeness (QED) is 0.761. The van der Waals surface area contributed by atoms with Gasteiger partial charge in [-0.15, -0.1) is 0 Å². The molecule has 2 aromatic heterocycles. The van der Waals surface area contributed by atoms with Crippen LogP contribution in [0.5, 0.6) is 0 Å². The molecule has 0 aliphatic carbocycles. The third-order valence-electron chi connectivity index (χ3n) is 3.47. The van der Waals surface area contributed by atoms with Crippen molar-refractivity contribution in [1.29, 1.82) is 10.5 Å². The Balaban J connectivity index is 2.96. The van der Waals surface area contributed by atoms with Crippen LogP contribution in [0.2, 0.25) is 0 Å². The van der Waals surface area contributed by atoms with Gasteiger partial charge >= 0.3 is 0 Å². The summed E-state index contributed by atoms with van der Waals surface area (Å²) in [5.41, 5.74) is 4.48. The highest BCUT2D eigenvalue weighted by molar-refractivity contribution is 5.89. The summed E-state index contributed by atoms with van der Waals surface area (Å²) in [6.45, 7) is 12.4. The third kappa shape index (κ3) is 1.98. The van der Waals surface area contributed by atoms with Gasteiger partial charge in [-0.2, -0.15) is 10.5 Å². The third-order valence-corrected chi connectivity index (χ3v) is 3.47. The number of rotatable bonds is 0. The summed E-state index contributed by atoms with van der Waals surface area (Å²) >= 11 is 0. The van der Waals surface area contributed by atoms with Gasteiger partial charge in [0.2, 0.25) is 0 Å². The van der Waals surface area contributed by atoms with Gasteiger partial charge in [0.1, 0.15) is 23.5 Å². The number of hydrogen-bond acceptors (Lipinski definition) is 2. The predicted octanol–water partition coefficient (Wildman–Crippen LogP) is 3.83. The van der Waals surface area contributed by atoms with Crippen LogP contribution < -0.4 is 0 Å². The molecule has 0 aliphatic heterocycles. The van der Waals surface area contributed by atoms with E-state index in [1.807, 2.05) is 0 Å². The van der Waals surface area contributed by atoms with E-state index in [4.69, 9.17) is 0 Å². The number of aromatic amines is 2. The van der Waals surface area contributed by atoms with E-state index >= 15 is 0 Å². The fraction of sp³-hybridized carbons (Fsp3) is 0.500. The molecule has 0 saturated carbocycles. The summed E-state index contributed by atoms with van der Waals surface area (Å²) in [6, 6.07) is 4.47. The van der Waals surface area contributed by atoms with Gasteiger partial charge < -0.3 is 9.97 Å². The topological polar surface area (TPSA) is 79.2 Å². The molecule has 0 unspecified atom stereocenters. The van der Waals surface area contributed by atoms with Crippen molar-refractivity contribution >= 4 is 11.0 Å². The first-order valence-corrected chi connectivity index (χ1v) is 6.70. The molecular weight excluding hydrogens is 248 g/mol. The average Bonchev–Trinajstić information content (AvgIpc) is 2.79. The lowest BCUT2D eigenvalue weighted by atomic mass is 9.84. The van der Waals surface area contributed by atoms with Gasteiger partial charge in [-0.1, -0.05) is 41.5 Å². The molecule has 2 rings (SSSR count). The van der Waals surface area contributed by atoms with E-state index in [0.29, 0.717) is 11.4 Å². The number of H-pyrrole nitrogens is 2. The van der Waals surface area contributed by atoms with Crippen LogP contribution in [0.4, 0.5) is 0 Å². The minimum atomic E-state index is -0.171. The first kappa shape index (κ1) is 14.2. The normalized spacial score (nSPS) is 12.4. The summed E-state index contributed by atoms with van der Waals surface area (Å²) in [5.74, 6) is 0. The summed E-state index contributed by atoms with van der Waals surface area (Å²) in [4.78, 5) is 6.41. The molecule has 2 N–H and O–H groups in total. The maximum atomic E-state index is 9.36. The molecule has 0 radical (unpaired) electrons. The molecule has 2 heterocycles. The second kappa shape index (κ2) is 4.15. The summed E-state index contributed by atoms with van der Waals surface area (Å²) in [6.07, 6.45) is 0. The monoisotopic (exact) mass is 268 g/mol. The summed E-state index contributed by atoms with van der Waals surface area (Å²) < 4.78 is 0. The van der Waals surface area contributed by atoms with E-state index in [2.05, 4.69) is 63.6 Å².